The van der Waals surface area contributed by atoms with E-state index in [2.05, 4.69) is 22.5 Å². The molecule has 0 aliphatic heterocycles. The zero-order valence-electron chi connectivity index (χ0n) is 10.7. The lowest BCUT2D eigenvalue weighted by Gasteiger charge is -2.05. The average Bonchev–Trinajstić information content (AvgIpc) is 2.71. The van der Waals surface area contributed by atoms with Crippen LogP contribution in [0.4, 0.5) is 0 Å². The molecular weight excluding hydrogens is 226 g/mol. The Hall–Kier alpha value is -2.10. The first-order valence-electron chi connectivity index (χ1n) is 5.99. The summed E-state index contributed by atoms with van der Waals surface area (Å²) in [5.74, 6) is -0.0588. The topological polar surface area (TPSA) is 46.9 Å². The molecule has 1 aromatic heterocycles. The molecule has 18 heavy (non-hydrogen) atoms. The van der Waals surface area contributed by atoms with E-state index in [-0.39, 0.29) is 5.91 Å². The molecule has 1 amide bonds. The minimum absolute atomic E-state index is 0.0588. The second-order valence-electron chi connectivity index (χ2n) is 4.26. The van der Waals surface area contributed by atoms with Gasteiger partial charge < -0.3 is 5.32 Å². The van der Waals surface area contributed by atoms with Gasteiger partial charge in [0.15, 0.2) is 0 Å². The highest BCUT2D eigenvalue weighted by Gasteiger charge is 2.11. The molecule has 0 radical (unpaired) electrons. The van der Waals surface area contributed by atoms with Crippen LogP contribution in [-0.2, 0) is 13.5 Å². The van der Waals surface area contributed by atoms with Crippen molar-refractivity contribution in [1.29, 1.82) is 0 Å². The number of aryl methyl sites for hydroxylation is 1. The van der Waals surface area contributed by atoms with Crippen molar-refractivity contribution in [2.24, 2.45) is 7.05 Å². The molecule has 0 aliphatic carbocycles. The van der Waals surface area contributed by atoms with Crippen LogP contribution < -0.4 is 5.32 Å². The Balaban J connectivity index is 1.88. The van der Waals surface area contributed by atoms with E-state index < -0.39 is 0 Å². The molecule has 0 fully saturated rings. The lowest BCUT2D eigenvalue weighted by molar-refractivity contribution is 0.0953. The predicted molar refractivity (Wildman–Crippen MR) is 70.4 cm³/mol. The van der Waals surface area contributed by atoms with Gasteiger partial charge >= 0.3 is 0 Å². The molecule has 0 saturated heterocycles. The number of amides is 1. The Morgan fingerprint density at radius 1 is 1.33 bits per heavy atom. The summed E-state index contributed by atoms with van der Waals surface area (Å²) in [5, 5.41) is 6.97. The van der Waals surface area contributed by atoms with Crippen LogP contribution in [0.5, 0.6) is 0 Å². The monoisotopic (exact) mass is 243 g/mol. The number of nitrogens with one attached hydrogen (secondary N) is 1. The standard InChI is InChI=1S/C14H17N3O/c1-11-13(10-16-17(11)2)14(18)15-9-8-12-6-4-3-5-7-12/h3-7,10H,8-9H2,1-2H3,(H,15,18). The van der Waals surface area contributed by atoms with Gasteiger partial charge in [-0.3, -0.25) is 9.48 Å². The number of hydrogen-bond donors (Lipinski definition) is 1. The molecule has 1 heterocycles. The van der Waals surface area contributed by atoms with Crippen LogP contribution in [0.2, 0.25) is 0 Å². The van der Waals surface area contributed by atoms with Gasteiger partial charge in [-0.15, -0.1) is 0 Å². The molecule has 0 aliphatic rings. The number of aromatic nitrogens is 2. The van der Waals surface area contributed by atoms with Crippen LogP contribution in [0.15, 0.2) is 36.5 Å². The van der Waals surface area contributed by atoms with E-state index in [1.54, 1.807) is 10.9 Å². The second-order valence-corrected chi connectivity index (χ2v) is 4.26. The molecule has 1 N–H and O–H groups in total. The molecule has 2 rings (SSSR count). The Kier molecular flexibility index (Phi) is 3.77. The minimum Gasteiger partial charge on any atom is -0.352 e. The molecule has 4 nitrogen and oxygen atoms in total. The maximum Gasteiger partial charge on any atom is 0.254 e. The third kappa shape index (κ3) is 2.77. The largest absolute Gasteiger partial charge is 0.352 e. The Labute approximate surface area is 107 Å². The highest BCUT2D eigenvalue weighted by molar-refractivity contribution is 5.94. The van der Waals surface area contributed by atoms with Crippen LogP contribution in [0.1, 0.15) is 21.6 Å². The summed E-state index contributed by atoms with van der Waals surface area (Å²) >= 11 is 0. The number of carbonyl (C=O) groups excluding carboxylic acids is 1. The van der Waals surface area contributed by atoms with E-state index in [0.29, 0.717) is 12.1 Å². The number of rotatable bonds is 4. The molecule has 0 bridgehead atoms. The van der Waals surface area contributed by atoms with E-state index in [4.69, 9.17) is 0 Å². The molecular formula is C14H17N3O. The number of benzene rings is 1. The van der Waals surface area contributed by atoms with Gasteiger partial charge in [-0.1, -0.05) is 30.3 Å². The Morgan fingerprint density at radius 2 is 2.06 bits per heavy atom. The maximum absolute atomic E-state index is 11.9. The van der Waals surface area contributed by atoms with Crippen LogP contribution >= 0.6 is 0 Å². The van der Waals surface area contributed by atoms with E-state index in [1.165, 1.54) is 5.56 Å². The fourth-order valence-electron chi connectivity index (χ4n) is 1.78. The summed E-state index contributed by atoms with van der Waals surface area (Å²) in [4.78, 5) is 11.9. The van der Waals surface area contributed by atoms with Gasteiger partial charge in [-0.2, -0.15) is 5.10 Å². The average molecular weight is 243 g/mol. The smallest absolute Gasteiger partial charge is 0.254 e. The molecule has 4 heteroatoms. The fourth-order valence-corrected chi connectivity index (χ4v) is 1.78. The van der Waals surface area contributed by atoms with E-state index in [1.807, 2.05) is 32.2 Å². The van der Waals surface area contributed by atoms with Crippen molar-refractivity contribution in [3.05, 3.63) is 53.3 Å². The molecule has 0 spiro atoms. The van der Waals surface area contributed by atoms with Crippen molar-refractivity contribution in [3.63, 3.8) is 0 Å². The molecule has 1 aromatic carbocycles. The summed E-state index contributed by atoms with van der Waals surface area (Å²) in [7, 11) is 1.83. The molecule has 0 saturated carbocycles. The normalized spacial score (nSPS) is 10.3. The SMILES string of the molecule is Cc1c(C(=O)NCCc2ccccc2)cnn1C. The first-order valence-corrected chi connectivity index (χ1v) is 5.99. The summed E-state index contributed by atoms with van der Waals surface area (Å²) in [6.07, 6.45) is 2.44. The number of carbonyl (C=O) groups is 1. The van der Waals surface area contributed by atoms with Crippen LogP contribution in [0, 0.1) is 6.92 Å². The third-order valence-corrected chi connectivity index (χ3v) is 3.02. The Morgan fingerprint density at radius 3 is 2.67 bits per heavy atom. The summed E-state index contributed by atoms with van der Waals surface area (Å²) in [5.41, 5.74) is 2.75. The molecule has 94 valence electrons. The van der Waals surface area contributed by atoms with Crippen molar-refractivity contribution < 1.29 is 4.79 Å². The minimum atomic E-state index is -0.0588. The highest BCUT2D eigenvalue weighted by Crippen LogP contribution is 2.05. The van der Waals surface area contributed by atoms with Crippen molar-refractivity contribution in [2.45, 2.75) is 13.3 Å². The van der Waals surface area contributed by atoms with Crippen LogP contribution in [-0.4, -0.2) is 22.2 Å². The van der Waals surface area contributed by atoms with Gasteiger partial charge in [0.1, 0.15) is 0 Å². The van der Waals surface area contributed by atoms with Gasteiger partial charge in [0.25, 0.3) is 5.91 Å². The highest BCUT2D eigenvalue weighted by atomic mass is 16.1. The lowest BCUT2D eigenvalue weighted by Crippen LogP contribution is -2.26. The summed E-state index contributed by atoms with van der Waals surface area (Å²) in [6, 6.07) is 10.1. The lowest BCUT2D eigenvalue weighted by atomic mass is 10.1. The second kappa shape index (κ2) is 5.49. The molecule has 0 atom stereocenters. The van der Waals surface area contributed by atoms with E-state index >= 15 is 0 Å². The first kappa shape index (κ1) is 12.4. The van der Waals surface area contributed by atoms with Crippen molar-refractivity contribution in [3.8, 4) is 0 Å². The number of hydrogen-bond acceptors (Lipinski definition) is 2. The predicted octanol–water partition coefficient (Wildman–Crippen LogP) is 1.70. The zero-order valence-corrected chi connectivity index (χ0v) is 10.7. The van der Waals surface area contributed by atoms with E-state index in [9.17, 15) is 4.79 Å². The summed E-state index contributed by atoms with van der Waals surface area (Å²) in [6.45, 7) is 2.52. The van der Waals surface area contributed by atoms with Crippen molar-refractivity contribution in [2.75, 3.05) is 6.54 Å². The van der Waals surface area contributed by atoms with Crippen molar-refractivity contribution in [1.82, 2.24) is 15.1 Å². The fraction of sp³-hybridized carbons (Fsp3) is 0.286. The number of nitrogens with zero attached hydrogens (tertiary/aromatic N) is 2. The summed E-state index contributed by atoms with van der Waals surface area (Å²) < 4.78 is 1.70. The van der Waals surface area contributed by atoms with Crippen molar-refractivity contribution >= 4 is 5.91 Å². The zero-order chi connectivity index (χ0) is 13.0. The quantitative estimate of drug-likeness (QED) is 0.888. The van der Waals surface area contributed by atoms with Gasteiger partial charge in [0.2, 0.25) is 0 Å². The van der Waals surface area contributed by atoms with Gasteiger partial charge in [0.05, 0.1) is 11.8 Å². The van der Waals surface area contributed by atoms with Crippen LogP contribution in [0.3, 0.4) is 0 Å². The first-order chi connectivity index (χ1) is 8.68. The molecule has 0 unspecified atom stereocenters. The maximum atomic E-state index is 11.9. The van der Waals surface area contributed by atoms with E-state index in [0.717, 1.165) is 12.1 Å². The van der Waals surface area contributed by atoms with Gasteiger partial charge in [-0.25, -0.2) is 0 Å². The molecule has 2 aromatic rings. The Bertz CT molecular complexity index is 531. The third-order valence-electron chi connectivity index (χ3n) is 3.02. The van der Waals surface area contributed by atoms with Gasteiger partial charge in [0, 0.05) is 19.3 Å². The van der Waals surface area contributed by atoms with Crippen LogP contribution in [0.25, 0.3) is 0 Å². The van der Waals surface area contributed by atoms with Gasteiger partial charge in [-0.05, 0) is 18.9 Å².